The van der Waals surface area contributed by atoms with Gasteiger partial charge in [-0.05, 0) is 43.7 Å². The highest BCUT2D eigenvalue weighted by Gasteiger charge is 2.29. The molecule has 2 aliphatic heterocycles. The maximum absolute atomic E-state index is 12.9. The summed E-state index contributed by atoms with van der Waals surface area (Å²) < 4.78 is 0. The molecule has 0 unspecified atom stereocenters. The molecule has 5 heteroatoms. The molecule has 0 N–H and O–H groups in total. The Morgan fingerprint density at radius 1 is 1.07 bits per heavy atom. The Bertz CT molecular complexity index is 647. The quantitative estimate of drug-likeness (QED) is 0.771. The van der Waals surface area contributed by atoms with Gasteiger partial charge in [0.1, 0.15) is 0 Å². The lowest BCUT2D eigenvalue weighted by Crippen LogP contribution is -2.43. The first-order chi connectivity index (χ1) is 13.1. The molecule has 0 aliphatic carbocycles. The second-order valence-corrected chi connectivity index (χ2v) is 7.92. The first kappa shape index (κ1) is 19.7. The number of carbonyl (C=O) groups excluding carboxylic acids is 2. The normalized spacial score (nSPS) is 18.0. The van der Waals surface area contributed by atoms with E-state index in [9.17, 15) is 9.59 Å². The van der Waals surface area contributed by atoms with Crippen molar-refractivity contribution in [2.45, 2.75) is 52.0 Å². The third kappa shape index (κ3) is 4.82. The third-order valence-corrected chi connectivity index (χ3v) is 5.88. The van der Waals surface area contributed by atoms with Crippen LogP contribution in [0, 0.1) is 5.92 Å². The van der Waals surface area contributed by atoms with E-state index in [-0.39, 0.29) is 17.7 Å². The largest absolute Gasteiger partial charge is 0.371 e. The molecule has 1 aromatic rings. The Labute approximate surface area is 163 Å². The smallest absolute Gasteiger partial charge is 0.225 e. The summed E-state index contributed by atoms with van der Waals surface area (Å²) in [6.45, 7) is 6.34. The minimum Gasteiger partial charge on any atom is -0.371 e. The lowest BCUT2D eigenvalue weighted by atomic mass is 9.95. The van der Waals surface area contributed by atoms with E-state index in [1.807, 2.05) is 23.8 Å². The van der Waals surface area contributed by atoms with Crippen molar-refractivity contribution in [3.8, 4) is 0 Å². The monoisotopic (exact) mass is 371 g/mol. The van der Waals surface area contributed by atoms with Crippen LogP contribution in [0.15, 0.2) is 24.3 Å². The number of hydrogen-bond acceptors (Lipinski definition) is 3. The van der Waals surface area contributed by atoms with Gasteiger partial charge in [0, 0.05) is 57.8 Å². The molecule has 0 aromatic heterocycles. The van der Waals surface area contributed by atoms with Crippen LogP contribution in [0.2, 0.25) is 0 Å². The molecule has 2 fully saturated rings. The molecule has 148 valence electrons. The van der Waals surface area contributed by atoms with E-state index in [4.69, 9.17) is 0 Å². The van der Waals surface area contributed by atoms with E-state index in [0.29, 0.717) is 26.1 Å². The van der Waals surface area contributed by atoms with Gasteiger partial charge < -0.3 is 14.7 Å². The van der Waals surface area contributed by atoms with Crippen molar-refractivity contribution in [1.82, 2.24) is 9.80 Å². The summed E-state index contributed by atoms with van der Waals surface area (Å²) in [6.07, 6.45) is 5.57. The van der Waals surface area contributed by atoms with Gasteiger partial charge in [0.25, 0.3) is 0 Å². The van der Waals surface area contributed by atoms with Crippen molar-refractivity contribution in [1.29, 1.82) is 0 Å². The van der Waals surface area contributed by atoms with Crippen molar-refractivity contribution >= 4 is 17.5 Å². The molecule has 27 heavy (non-hydrogen) atoms. The van der Waals surface area contributed by atoms with E-state index < -0.39 is 0 Å². The Kier molecular flexibility index (Phi) is 6.75. The van der Waals surface area contributed by atoms with Gasteiger partial charge in [-0.3, -0.25) is 9.59 Å². The Hall–Kier alpha value is -2.04. The van der Waals surface area contributed by atoms with Crippen LogP contribution >= 0.6 is 0 Å². The fraction of sp³-hybridized carbons (Fsp3) is 0.636. The SMILES string of the molecule is CCCC(=O)N1CCC(C(=O)N(C)Cc2ccccc2N2CCCC2)CC1. The molecule has 0 spiro atoms. The molecule has 0 radical (unpaired) electrons. The zero-order valence-electron chi connectivity index (χ0n) is 16.8. The van der Waals surface area contributed by atoms with E-state index in [1.54, 1.807) is 0 Å². The molecule has 2 heterocycles. The summed E-state index contributed by atoms with van der Waals surface area (Å²) in [5, 5.41) is 0. The standard InChI is InChI=1S/C22H33N3O2/c1-3-8-21(26)25-15-11-18(12-16-25)22(27)23(2)17-19-9-4-5-10-20(19)24-13-6-7-14-24/h4-5,9-10,18H,3,6-8,11-17H2,1-2H3. The number of amides is 2. The van der Waals surface area contributed by atoms with Crippen molar-refractivity contribution in [3.05, 3.63) is 29.8 Å². The Balaban J connectivity index is 1.57. The first-order valence-electron chi connectivity index (χ1n) is 10.5. The van der Waals surface area contributed by atoms with E-state index in [0.717, 1.165) is 32.4 Å². The van der Waals surface area contributed by atoms with Crippen LogP contribution < -0.4 is 4.90 Å². The molecule has 3 rings (SSSR count). The van der Waals surface area contributed by atoms with Crippen LogP contribution in [-0.4, -0.2) is 54.8 Å². The van der Waals surface area contributed by atoms with Gasteiger partial charge in [0.05, 0.1) is 0 Å². The van der Waals surface area contributed by atoms with Gasteiger partial charge in [-0.25, -0.2) is 0 Å². The summed E-state index contributed by atoms with van der Waals surface area (Å²) in [5.74, 6) is 0.490. The number of hydrogen-bond donors (Lipinski definition) is 0. The summed E-state index contributed by atoms with van der Waals surface area (Å²) in [5.41, 5.74) is 2.50. The number of nitrogens with zero attached hydrogens (tertiary/aromatic N) is 3. The maximum Gasteiger partial charge on any atom is 0.225 e. The van der Waals surface area contributed by atoms with Crippen molar-refractivity contribution < 1.29 is 9.59 Å². The van der Waals surface area contributed by atoms with Crippen LogP contribution in [0.3, 0.4) is 0 Å². The number of likely N-dealkylation sites (tertiary alicyclic amines) is 1. The van der Waals surface area contributed by atoms with Gasteiger partial charge in [0.15, 0.2) is 0 Å². The lowest BCUT2D eigenvalue weighted by Gasteiger charge is -2.33. The average molecular weight is 372 g/mol. The Morgan fingerprint density at radius 2 is 1.74 bits per heavy atom. The van der Waals surface area contributed by atoms with Gasteiger partial charge >= 0.3 is 0 Å². The number of piperidine rings is 1. The maximum atomic E-state index is 12.9. The number of benzene rings is 1. The number of carbonyl (C=O) groups is 2. The molecule has 0 atom stereocenters. The molecular formula is C22H33N3O2. The predicted molar refractivity (Wildman–Crippen MR) is 109 cm³/mol. The van der Waals surface area contributed by atoms with Crippen LogP contribution in [0.5, 0.6) is 0 Å². The predicted octanol–water partition coefficient (Wildman–Crippen LogP) is 3.28. The second kappa shape index (κ2) is 9.25. The summed E-state index contributed by atoms with van der Waals surface area (Å²) in [4.78, 5) is 31.2. The molecule has 0 bridgehead atoms. The van der Waals surface area contributed by atoms with Gasteiger partial charge in [-0.2, -0.15) is 0 Å². The molecule has 2 aliphatic rings. The fourth-order valence-corrected chi connectivity index (χ4v) is 4.30. The van der Waals surface area contributed by atoms with Crippen LogP contribution in [0.4, 0.5) is 5.69 Å². The van der Waals surface area contributed by atoms with Crippen LogP contribution in [0.1, 0.15) is 51.0 Å². The fourth-order valence-electron chi connectivity index (χ4n) is 4.30. The minimum atomic E-state index is 0.0413. The topological polar surface area (TPSA) is 43.9 Å². The molecule has 2 amide bonds. The number of para-hydroxylation sites is 1. The molecule has 0 saturated carbocycles. The minimum absolute atomic E-state index is 0.0413. The highest BCUT2D eigenvalue weighted by Crippen LogP contribution is 2.27. The van der Waals surface area contributed by atoms with E-state index >= 15 is 0 Å². The zero-order valence-corrected chi connectivity index (χ0v) is 16.8. The Morgan fingerprint density at radius 3 is 2.41 bits per heavy atom. The highest BCUT2D eigenvalue weighted by atomic mass is 16.2. The van der Waals surface area contributed by atoms with Crippen molar-refractivity contribution in [2.24, 2.45) is 5.92 Å². The van der Waals surface area contributed by atoms with Crippen LogP contribution in [0.25, 0.3) is 0 Å². The lowest BCUT2D eigenvalue weighted by molar-refractivity contribution is -0.140. The number of anilines is 1. The van der Waals surface area contributed by atoms with Gasteiger partial charge in [0.2, 0.25) is 11.8 Å². The molecule has 5 nitrogen and oxygen atoms in total. The summed E-state index contributed by atoms with van der Waals surface area (Å²) >= 11 is 0. The molecule has 1 aromatic carbocycles. The second-order valence-electron chi connectivity index (χ2n) is 7.92. The molecule has 2 saturated heterocycles. The third-order valence-electron chi connectivity index (χ3n) is 5.88. The summed E-state index contributed by atoms with van der Waals surface area (Å²) in [7, 11) is 1.91. The van der Waals surface area contributed by atoms with E-state index in [2.05, 4.69) is 29.2 Å². The average Bonchev–Trinajstić information content (AvgIpc) is 3.22. The van der Waals surface area contributed by atoms with Crippen molar-refractivity contribution in [2.75, 3.05) is 38.1 Å². The van der Waals surface area contributed by atoms with E-state index in [1.165, 1.54) is 24.1 Å². The van der Waals surface area contributed by atoms with Crippen molar-refractivity contribution in [3.63, 3.8) is 0 Å². The summed E-state index contributed by atoms with van der Waals surface area (Å²) in [6, 6.07) is 8.47. The highest BCUT2D eigenvalue weighted by molar-refractivity contribution is 5.80. The van der Waals surface area contributed by atoms with Gasteiger partial charge in [-0.1, -0.05) is 25.1 Å². The van der Waals surface area contributed by atoms with Gasteiger partial charge in [-0.15, -0.1) is 0 Å². The van der Waals surface area contributed by atoms with Crippen LogP contribution in [-0.2, 0) is 16.1 Å². The molecular weight excluding hydrogens is 338 g/mol. The zero-order chi connectivity index (χ0) is 19.2. The number of rotatable bonds is 6. The first-order valence-corrected chi connectivity index (χ1v) is 10.5.